The lowest BCUT2D eigenvalue weighted by molar-refractivity contribution is 0.598. The predicted molar refractivity (Wildman–Crippen MR) is 59.6 cm³/mol. The van der Waals surface area contributed by atoms with E-state index in [9.17, 15) is 0 Å². The second-order valence-electron chi connectivity index (χ2n) is 3.36. The molecule has 0 aliphatic rings. The zero-order chi connectivity index (χ0) is 9.78. The average Bonchev–Trinajstić information content (AvgIpc) is 2.16. The van der Waals surface area contributed by atoms with Gasteiger partial charge in [-0.05, 0) is 12.6 Å². The fourth-order valence-electron chi connectivity index (χ4n) is 1.24. The molecule has 0 heterocycles. The van der Waals surface area contributed by atoms with Crippen LogP contribution in [0, 0.1) is 0 Å². The molecule has 0 aliphatic carbocycles. The Bertz CT molecular complexity index is 111. The van der Waals surface area contributed by atoms with Gasteiger partial charge in [0.05, 0.1) is 0 Å². The van der Waals surface area contributed by atoms with Crippen LogP contribution >= 0.6 is 0 Å². The van der Waals surface area contributed by atoms with Gasteiger partial charge in [0.1, 0.15) is 0 Å². The molecule has 0 saturated heterocycles. The van der Waals surface area contributed by atoms with Crippen LogP contribution in [0.2, 0.25) is 0 Å². The van der Waals surface area contributed by atoms with E-state index in [1.165, 1.54) is 38.5 Å². The summed E-state index contributed by atoms with van der Waals surface area (Å²) in [5.41, 5.74) is 5.30. The highest BCUT2D eigenvalue weighted by atomic mass is 14.8. The van der Waals surface area contributed by atoms with Gasteiger partial charge in [-0.25, -0.2) is 0 Å². The van der Waals surface area contributed by atoms with Crippen molar-refractivity contribution in [2.75, 3.05) is 13.1 Å². The minimum Gasteiger partial charge on any atom is -0.391 e. The first-order valence-corrected chi connectivity index (χ1v) is 5.50. The maximum Gasteiger partial charge on any atom is 0.0141 e. The number of nitrogens with two attached hydrogens (primary N) is 1. The van der Waals surface area contributed by atoms with Gasteiger partial charge in [-0.2, -0.15) is 0 Å². The molecule has 2 heteroatoms. The highest BCUT2D eigenvalue weighted by molar-refractivity contribution is 4.79. The highest BCUT2D eigenvalue weighted by Gasteiger charge is 1.87. The van der Waals surface area contributed by atoms with Crippen LogP contribution in [0.4, 0.5) is 0 Å². The molecule has 0 aromatic heterocycles. The van der Waals surface area contributed by atoms with E-state index >= 15 is 0 Å². The van der Waals surface area contributed by atoms with Gasteiger partial charge in [0, 0.05) is 13.1 Å². The summed E-state index contributed by atoms with van der Waals surface area (Å²) in [5, 5.41) is 3.22. The molecule has 0 fully saturated rings. The predicted octanol–water partition coefficient (Wildman–Crippen LogP) is 2.41. The Balaban J connectivity index is 2.87. The van der Waals surface area contributed by atoms with E-state index in [2.05, 4.69) is 12.2 Å². The summed E-state index contributed by atoms with van der Waals surface area (Å²) in [4.78, 5) is 0. The number of rotatable bonds is 9. The number of unbranched alkanes of at least 4 members (excludes halogenated alkanes) is 5. The van der Waals surface area contributed by atoms with E-state index in [1.54, 1.807) is 0 Å². The fraction of sp³-hybridized carbons (Fsp3) is 0.818. The highest BCUT2D eigenvalue weighted by Crippen LogP contribution is 2.03. The monoisotopic (exact) mass is 184 g/mol. The summed E-state index contributed by atoms with van der Waals surface area (Å²) < 4.78 is 0. The molecule has 2 nitrogen and oxygen atoms in total. The molecular formula is C11H24N2. The van der Waals surface area contributed by atoms with Crippen LogP contribution in [-0.4, -0.2) is 13.1 Å². The largest absolute Gasteiger partial charge is 0.391 e. The third kappa shape index (κ3) is 11.5. The van der Waals surface area contributed by atoms with Gasteiger partial charge in [0.15, 0.2) is 0 Å². The number of nitrogens with one attached hydrogen (secondary N) is 1. The normalized spacial score (nSPS) is 10.9. The molecule has 0 spiro atoms. The first-order chi connectivity index (χ1) is 6.41. The molecule has 0 unspecified atom stereocenters. The van der Waals surface area contributed by atoms with Gasteiger partial charge < -0.3 is 11.1 Å². The average molecular weight is 184 g/mol. The van der Waals surface area contributed by atoms with E-state index in [1.807, 2.05) is 12.3 Å². The molecule has 0 atom stereocenters. The van der Waals surface area contributed by atoms with Crippen molar-refractivity contribution in [3.63, 3.8) is 0 Å². The lowest BCUT2D eigenvalue weighted by atomic mass is 10.1. The van der Waals surface area contributed by atoms with Crippen LogP contribution in [0.15, 0.2) is 12.3 Å². The van der Waals surface area contributed by atoms with E-state index in [-0.39, 0.29) is 0 Å². The van der Waals surface area contributed by atoms with Crippen molar-refractivity contribution >= 4 is 0 Å². The maximum absolute atomic E-state index is 5.30. The minimum atomic E-state index is 0.628. The summed E-state index contributed by atoms with van der Waals surface area (Å²) in [6.45, 7) is 3.96. The summed E-state index contributed by atoms with van der Waals surface area (Å²) >= 11 is 0. The van der Waals surface area contributed by atoms with Crippen LogP contribution in [0.1, 0.15) is 45.4 Å². The molecule has 0 aromatic carbocycles. The van der Waals surface area contributed by atoms with Crippen LogP contribution < -0.4 is 11.1 Å². The fourth-order valence-corrected chi connectivity index (χ4v) is 1.24. The molecule has 0 amide bonds. The molecule has 0 aromatic rings. The van der Waals surface area contributed by atoms with Gasteiger partial charge in [-0.3, -0.25) is 0 Å². The molecule has 0 saturated carbocycles. The van der Waals surface area contributed by atoms with Crippen molar-refractivity contribution in [2.24, 2.45) is 5.73 Å². The Morgan fingerprint density at radius 2 is 1.77 bits per heavy atom. The standard InChI is InChI=1S/C11H24N2/c1-2-3-4-5-6-7-10-13-11-8-9-12/h8,11,13H,2-7,9-10,12H2,1H3. The molecule has 0 rings (SSSR count). The Morgan fingerprint density at radius 3 is 2.46 bits per heavy atom. The zero-order valence-electron chi connectivity index (χ0n) is 8.89. The van der Waals surface area contributed by atoms with Gasteiger partial charge in [0.2, 0.25) is 0 Å². The molecule has 0 aliphatic heterocycles. The molecule has 3 N–H and O–H groups in total. The summed E-state index contributed by atoms with van der Waals surface area (Å²) in [6, 6.07) is 0. The Kier molecular flexibility index (Phi) is 11.1. The Morgan fingerprint density at radius 1 is 1.08 bits per heavy atom. The van der Waals surface area contributed by atoms with Gasteiger partial charge >= 0.3 is 0 Å². The SMILES string of the molecule is CCCCCCCCNC=CCN. The lowest BCUT2D eigenvalue weighted by Crippen LogP contribution is -2.07. The second kappa shape index (κ2) is 11.5. The molecular weight excluding hydrogens is 160 g/mol. The van der Waals surface area contributed by atoms with Crippen molar-refractivity contribution in [3.8, 4) is 0 Å². The van der Waals surface area contributed by atoms with E-state index in [0.29, 0.717) is 6.54 Å². The topological polar surface area (TPSA) is 38.0 Å². The third-order valence-corrected chi connectivity index (χ3v) is 2.05. The first kappa shape index (κ1) is 12.5. The lowest BCUT2D eigenvalue weighted by Gasteiger charge is -2.00. The molecule has 78 valence electrons. The van der Waals surface area contributed by atoms with Crippen molar-refractivity contribution in [1.29, 1.82) is 0 Å². The molecule has 0 radical (unpaired) electrons. The van der Waals surface area contributed by atoms with Crippen LogP contribution in [0.5, 0.6) is 0 Å². The summed E-state index contributed by atoms with van der Waals surface area (Å²) in [5.74, 6) is 0. The zero-order valence-corrected chi connectivity index (χ0v) is 8.89. The maximum atomic E-state index is 5.30. The van der Waals surface area contributed by atoms with Crippen molar-refractivity contribution in [1.82, 2.24) is 5.32 Å². The quantitative estimate of drug-likeness (QED) is 0.540. The van der Waals surface area contributed by atoms with Gasteiger partial charge in [-0.1, -0.05) is 45.1 Å². The smallest absolute Gasteiger partial charge is 0.0141 e. The van der Waals surface area contributed by atoms with E-state index in [4.69, 9.17) is 5.73 Å². The van der Waals surface area contributed by atoms with Gasteiger partial charge in [-0.15, -0.1) is 0 Å². The van der Waals surface area contributed by atoms with E-state index < -0.39 is 0 Å². The summed E-state index contributed by atoms with van der Waals surface area (Å²) in [6.07, 6.45) is 12.0. The Hall–Kier alpha value is -0.500. The molecule has 13 heavy (non-hydrogen) atoms. The van der Waals surface area contributed by atoms with Crippen LogP contribution in [0.25, 0.3) is 0 Å². The van der Waals surface area contributed by atoms with Crippen molar-refractivity contribution in [2.45, 2.75) is 45.4 Å². The van der Waals surface area contributed by atoms with Crippen molar-refractivity contribution < 1.29 is 0 Å². The minimum absolute atomic E-state index is 0.628. The van der Waals surface area contributed by atoms with Gasteiger partial charge in [0.25, 0.3) is 0 Å². The van der Waals surface area contributed by atoms with E-state index in [0.717, 1.165) is 6.54 Å². The van der Waals surface area contributed by atoms with Crippen LogP contribution in [0.3, 0.4) is 0 Å². The number of hydrogen-bond donors (Lipinski definition) is 2. The molecule has 0 bridgehead atoms. The number of hydrogen-bond acceptors (Lipinski definition) is 2. The van der Waals surface area contributed by atoms with Crippen molar-refractivity contribution in [3.05, 3.63) is 12.3 Å². The first-order valence-electron chi connectivity index (χ1n) is 5.50. The third-order valence-electron chi connectivity index (χ3n) is 2.05. The Labute approximate surface area is 82.6 Å². The van der Waals surface area contributed by atoms with Crippen LogP contribution in [-0.2, 0) is 0 Å². The summed E-state index contributed by atoms with van der Waals surface area (Å²) in [7, 11) is 0. The second-order valence-corrected chi connectivity index (χ2v) is 3.36.